The van der Waals surface area contributed by atoms with Crippen molar-refractivity contribution < 1.29 is 9.18 Å². The van der Waals surface area contributed by atoms with E-state index < -0.39 is 0 Å². The molecule has 1 fully saturated rings. The van der Waals surface area contributed by atoms with E-state index in [1.807, 2.05) is 6.92 Å². The maximum atomic E-state index is 13.0. The number of carbonyl (C=O) groups excluding carboxylic acids is 1. The Morgan fingerprint density at radius 3 is 2.50 bits per heavy atom. The molecule has 0 atom stereocenters. The lowest BCUT2D eigenvalue weighted by Gasteiger charge is -2.13. The van der Waals surface area contributed by atoms with Gasteiger partial charge in [0.25, 0.3) is 0 Å². The molecule has 0 heterocycles. The van der Waals surface area contributed by atoms with Crippen LogP contribution < -0.4 is 0 Å². The van der Waals surface area contributed by atoms with Gasteiger partial charge in [0.05, 0.1) is 0 Å². The lowest BCUT2D eigenvalue weighted by molar-refractivity contribution is -0.122. The third-order valence-electron chi connectivity index (χ3n) is 3.98. The van der Waals surface area contributed by atoms with Crippen molar-refractivity contribution in [3.8, 4) is 0 Å². The molecule has 0 N–H and O–H groups in total. The van der Waals surface area contributed by atoms with Crippen LogP contribution >= 0.6 is 0 Å². The van der Waals surface area contributed by atoms with Crippen molar-refractivity contribution in [3.05, 3.63) is 35.1 Å². The van der Waals surface area contributed by atoms with E-state index in [0.717, 1.165) is 24.0 Å². The van der Waals surface area contributed by atoms with Gasteiger partial charge >= 0.3 is 0 Å². The summed E-state index contributed by atoms with van der Waals surface area (Å²) >= 11 is 0. The van der Waals surface area contributed by atoms with E-state index in [1.54, 1.807) is 6.07 Å². The van der Waals surface area contributed by atoms with Crippen LogP contribution in [0.25, 0.3) is 0 Å². The fourth-order valence-corrected chi connectivity index (χ4v) is 2.79. The highest BCUT2D eigenvalue weighted by Crippen LogP contribution is 2.25. The molecule has 0 bridgehead atoms. The molecular weight excluding hydrogens is 227 g/mol. The Labute approximate surface area is 108 Å². The molecule has 2 rings (SSSR count). The van der Waals surface area contributed by atoms with Crippen molar-refractivity contribution in [2.24, 2.45) is 5.92 Å². The largest absolute Gasteiger partial charge is 0.299 e. The highest BCUT2D eigenvalue weighted by molar-refractivity contribution is 5.83. The summed E-state index contributed by atoms with van der Waals surface area (Å²) in [6.45, 7) is 1.87. The predicted molar refractivity (Wildman–Crippen MR) is 71.0 cm³/mol. The number of benzene rings is 1. The summed E-state index contributed by atoms with van der Waals surface area (Å²) in [5.41, 5.74) is 1.86. The van der Waals surface area contributed by atoms with Gasteiger partial charge in [-0.25, -0.2) is 4.39 Å². The summed E-state index contributed by atoms with van der Waals surface area (Å²) in [6, 6.07) is 4.71. The number of carbonyl (C=O) groups is 1. The molecule has 2 heteroatoms. The molecule has 0 aliphatic heterocycles. The summed E-state index contributed by atoms with van der Waals surface area (Å²) in [7, 11) is 0. The molecule has 0 aromatic heterocycles. The lowest BCUT2D eigenvalue weighted by atomic mass is 9.90. The minimum absolute atomic E-state index is 0.224. The van der Waals surface area contributed by atoms with Crippen LogP contribution in [0.4, 0.5) is 4.39 Å². The van der Waals surface area contributed by atoms with Gasteiger partial charge in [0.15, 0.2) is 0 Å². The maximum Gasteiger partial charge on any atom is 0.140 e. The number of aryl methyl sites for hydroxylation is 1. The third kappa shape index (κ3) is 3.41. The topological polar surface area (TPSA) is 17.1 Å². The van der Waals surface area contributed by atoms with Crippen LogP contribution in [0.3, 0.4) is 0 Å². The van der Waals surface area contributed by atoms with Crippen LogP contribution in [0, 0.1) is 18.7 Å². The van der Waals surface area contributed by atoms with Gasteiger partial charge in [-0.3, -0.25) is 4.79 Å². The Hall–Kier alpha value is -1.18. The maximum absolute atomic E-state index is 13.0. The number of halogens is 1. The molecule has 98 valence electrons. The first-order chi connectivity index (χ1) is 8.66. The number of ketones is 1. The molecule has 18 heavy (non-hydrogen) atoms. The zero-order valence-corrected chi connectivity index (χ0v) is 11.0. The smallest absolute Gasteiger partial charge is 0.140 e. The van der Waals surface area contributed by atoms with E-state index in [1.165, 1.54) is 37.8 Å². The monoisotopic (exact) mass is 248 g/mol. The van der Waals surface area contributed by atoms with Gasteiger partial charge in [0.2, 0.25) is 0 Å². The van der Waals surface area contributed by atoms with Crippen LogP contribution in [0.2, 0.25) is 0 Å². The van der Waals surface area contributed by atoms with E-state index in [9.17, 15) is 9.18 Å². The highest BCUT2D eigenvalue weighted by atomic mass is 19.1. The van der Waals surface area contributed by atoms with Gasteiger partial charge in [0.1, 0.15) is 11.6 Å². The molecule has 0 unspecified atom stereocenters. The van der Waals surface area contributed by atoms with Crippen LogP contribution in [-0.4, -0.2) is 5.78 Å². The first kappa shape index (κ1) is 13.3. The Morgan fingerprint density at radius 1 is 1.22 bits per heavy atom. The second-order valence-electron chi connectivity index (χ2n) is 5.40. The molecule has 0 amide bonds. The lowest BCUT2D eigenvalue weighted by Crippen LogP contribution is -2.16. The Balaban J connectivity index is 2.01. The van der Waals surface area contributed by atoms with Gasteiger partial charge in [-0.05, 0) is 43.0 Å². The van der Waals surface area contributed by atoms with Crippen LogP contribution in [-0.2, 0) is 11.2 Å². The zero-order chi connectivity index (χ0) is 13.0. The Morgan fingerprint density at radius 2 is 1.89 bits per heavy atom. The number of Topliss-reactive ketones (excluding diaryl/α,β-unsaturated/α-hetero) is 1. The van der Waals surface area contributed by atoms with Crippen molar-refractivity contribution >= 4 is 5.78 Å². The molecule has 1 aromatic rings. The van der Waals surface area contributed by atoms with E-state index in [0.29, 0.717) is 12.2 Å². The summed E-state index contributed by atoms with van der Waals surface area (Å²) in [5.74, 6) is 0.349. The van der Waals surface area contributed by atoms with Crippen molar-refractivity contribution in [1.82, 2.24) is 0 Å². The number of hydrogen-bond acceptors (Lipinski definition) is 1. The summed E-state index contributed by atoms with van der Waals surface area (Å²) in [6.07, 6.45) is 7.44. The summed E-state index contributed by atoms with van der Waals surface area (Å²) < 4.78 is 13.0. The average Bonchev–Trinajstić information content (AvgIpc) is 2.61. The van der Waals surface area contributed by atoms with Crippen molar-refractivity contribution in [2.45, 2.75) is 51.9 Å². The number of hydrogen-bond donors (Lipinski definition) is 0. The minimum Gasteiger partial charge on any atom is -0.299 e. The SMILES string of the molecule is Cc1cc(F)ccc1CC(=O)C1CCCCCC1. The second kappa shape index (κ2) is 6.12. The molecule has 1 aliphatic carbocycles. The quantitative estimate of drug-likeness (QED) is 0.732. The molecule has 1 saturated carbocycles. The standard InChI is InChI=1S/C16H21FO/c1-12-10-15(17)9-8-14(12)11-16(18)13-6-4-2-3-5-7-13/h8-10,13H,2-7,11H2,1H3. The van der Waals surface area contributed by atoms with E-state index >= 15 is 0 Å². The molecule has 1 nitrogen and oxygen atoms in total. The summed E-state index contributed by atoms with van der Waals surface area (Å²) in [5, 5.41) is 0. The zero-order valence-electron chi connectivity index (χ0n) is 11.0. The van der Waals surface area contributed by atoms with Gasteiger partial charge < -0.3 is 0 Å². The molecular formula is C16H21FO. The normalized spacial score (nSPS) is 17.4. The fraction of sp³-hybridized carbons (Fsp3) is 0.562. The molecule has 0 radical (unpaired) electrons. The van der Waals surface area contributed by atoms with Crippen LogP contribution in [0.5, 0.6) is 0 Å². The first-order valence-electron chi connectivity index (χ1n) is 6.94. The van der Waals surface area contributed by atoms with Crippen molar-refractivity contribution in [2.75, 3.05) is 0 Å². The van der Waals surface area contributed by atoms with Crippen molar-refractivity contribution in [1.29, 1.82) is 0 Å². The Kier molecular flexibility index (Phi) is 4.51. The predicted octanol–water partition coefficient (Wildman–Crippen LogP) is 4.22. The van der Waals surface area contributed by atoms with E-state index in [-0.39, 0.29) is 11.7 Å². The molecule has 1 aliphatic rings. The van der Waals surface area contributed by atoms with Gasteiger partial charge in [-0.1, -0.05) is 31.7 Å². The van der Waals surface area contributed by atoms with Gasteiger partial charge in [0, 0.05) is 12.3 Å². The molecule has 1 aromatic carbocycles. The molecule has 0 spiro atoms. The van der Waals surface area contributed by atoms with E-state index in [2.05, 4.69) is 0 Å². The second-order valence-corrected chi connectivity index (χ2v) is 5.40. The van der Waals surface area contributed by atoms with Crippen LogP contribution in [0.15, 0.2) is 18.2 Å². The first-order valence-corrected chi connectivity index (χ1v) is 6.94. The van der Waals surface area contributed by atoms with Crippen molar-refractivity contribution in [3.63, 3.8) is 0 Å². The average molecular weight is 248 g/mol. The minimum atomic E-state index is -0.224. The van der Waals surface area contributed by atoms with E-state index in [4.69, 9.17) is 0 Å². The summed E-state index contributed by atoms with van der Waals surface area (Å²) in [4.78, 5) is 12.3. The Bertz CT molecular complexity index is 417. The van der Waals surface area contributed by atoms with Gasteiger partial charge in [-0.2, -0.15) is 0 Å². The fourth-order valence-electron chi connectivity index (χ4n) is 2.79. The number of rotatable bonds is 3. The van der Waals surface area contributed by atoms with Gasteiger partial charge in [-0.15, -0.1) is 0 Å². The highest BCUT2D eigenvalue weighted by Gasteiger charge is 2.20. The third-order valence-corrected chi connectivity index (χ3v) is 3.98. The molecule has 0 saturated heterocycles. The van der Waals surface area contributed by atoms with Crippen LogP contribution in [0.1, 0.15) is 49.7 Å².